The third-order valence-corrected chi connectivity index (χ3v) is 5.41. The van der Waals surface area contributed by atoms with Gasteiger partial charge in [-0.05, 0) is 60.2 Å². The molecule has 0 aliphatic rings. The zero-order valence-corrected chi connectivity index (χ0v) is 18.5. The molecule has 0 fully saturated rings. The Morgan fingerprint density at radius 2 is 1.50 bits per heavy atom. The molecule has 0 bridgehead atoms. The summed E-state index contributed by atoms with van der Waals surface area (Å²) in [5.74, 6) is -0.563. The summed E-state index contributed by atoms with van der Waals surface area (Å²) in [6.07, 6.45) is 1.65. The summed E-state index contributed by atoms with van der Waals surface area (Å²) in [6, 6.07) is 23.8. The molecule has 3 rings (SSSR count). The molecular formula is C26H27ClN2O3. The molecule has 0 aliphatic carbocycles. The fraction of sp³-hybridized carbons (Fsp3) is 0.231. The van der Waals surface area contributed by atoms with Crippen LogP contribution in [0.5, 0.6) is 0 Å². The average molecular weight is 451 g/mol. The smallest absolute Gasteiger partial charge is 0.251 e. The number of amides is 2. The topological polar surface area (TPSA) is 78.4 Å². The van der Waals surface area contributed by atoms with E-state index in [9.17, 15) is 9.59 Å². The largest absolute Gasteiger partial charge is 0.396 e. The number of nitrogens with one attached hydrogen (secondary N) is 2. The number of rotatable bonds is 10. The Hall–Kier alpha value is -3.15. The van der Waals surface area contributed by atoms with Crippen LogP contribution < -0.4 is 10.6 Å². The van der Waals surface area contributed by atoms with Crippen LogP contribution in [0.3, 0.4) is 0 Å². The lowest BCUT2D eigenvalue weighted by Crippen LogP contribution is -2.46. The first-order valence-electron chi connectivity index (χ1n) is 10.7. The van der Waals surface area contributed by atoms with Crippen molar-refractivity contribution >= 4 is 23.4 Å². The van der Waals surface area contributed by atoms with Gasteiger partial charge in [-0.25, -0.2) is 0 Å². The van der Waals surface area contributed by atoms with Crippen molar-refractivity contribution in [2.75, 3.05) is 6.61 Å². The first-order chi connectivity index (χ1) is 15.6. The molecule has 3 N–H and O–H groups in total. The molecule has 0 spiro atoms. The van der Waals surface area contributed by atoms with Crippen LogP contribution >= 0.6 is 11.6 Å². The van der Waals surface area contributed by atoms with Crippen molar-refractivity contribution in [2.45, 2.75) is 31.8 Å². The van der Waals surface area contributed by atoms with Gasteiger partial charge in [0, 0.05) is 23.7 Å². The minimum Gasteiger partial charge on any atom is -0.396 e. The van der Waals surface area contributed by atoms with E-state index in [1.165, 1.54) is 0 Å². The quantitative estimate of drug-likeness (QED) is 0.395. The first kappa shape index (κ1) is 23.5. The highest BCUT2D eigenvalue weighted by Crippen LogP contribution is 2.19. The summed E-state index contributed by atoms with van der Waals surface area (Å²) in [5.41, 5.74) is 3.49. The number of aliphatic hydroxyl groups excluding tert-OH is 1. The Kier molecular flexibility index (Phi) is 8.84. The van der Waals surface area contributed by atoms with Gasteiger partial charge in [-0.3, -0.25) is 9.59 Å². The van der Waals surface area contributed by atoms with Crippen molar-refractivity contribution in [3.05, 3.63) is 95.0 Å². The van der Waals surface area contributed by atoms with Crippen molar-refractivity contribution in [2.24, 2.45) is 0 Å². The number of carbonyl (C=O) groups is 2. The van der Waals surface area contributed by atoms with Crippen LogP contribution in [0.4, 0.5) is 0 Å². The van der Waals surface area contributed by atoms with Crippen molar-refractivity contribution < 1.29 is 14.7 Å². The number of hydrogen-bond acceptors (Lipinski definition) is 3. The molecule has 1 unspecified atom stereocenters. The molecule has 1 atom stereocenters. The van der Waals surface area contributed by atoms with Crippen molar-refractivity contribution in [3.63, 3.8) is 0 Å². The van der Waals surface area contributed by atoms with E-state index >= 15 is 0 Å². The normalized spacial score (nSPS) is 11.6. The summed E-state index contributed by atoms with van der Waals surface area (Å²) in [5, 5.41) is 15.4. The minimum atomic E-state index is -0.685. The summed E-state index contributed by atoms with van der Waals surface area (Å²) in [6.45, 7) is 0.391. The molecule has 0 saturated carbocycles. The molecule has 166 valence electrons. The van der Waals surface area contributed by atoms with Gasteiger partial charge in [-0.2, -0.15) is 0 Å². The van der Waals surface area contributed by atoms with Crippen LogP contribution in [-0.2, 0) is 11.3 Å². The van der Waals surface area contributed by atoms with Crippen LogP contribution in [0, 0.1) is 0 Å². The highest BCUT2D eigenvalue weighted by molar-refractivity contribution is 6.30. The van der Waals surface area contributed by atoms with Crippen LogP contribution in [0.2, 0.25) is 5.02 Å². The van der Waals surface area contributed by atoms with Crippen molar-refractivity contribution in [3.8, 4) is 11.1 Å². The highest BCUT2D eigenvalue weighted by atomic mass is 35.5. The molecule has 3 aromatic rings. The highest BCUT2D eigenvalue weighted by Gasteiger charge is 2.21. The second kappa shape index (κ2) is 12.0. The standard InChI is InChI=1S/C26H27ClN2O3/c27-23-15-9-19(10-16-23)18-28-26(32)24(8-4-5-17-30)29-25(31)22-13-11-21(12-14-22)20-6-2-1-3-7-20/h1-3,6-7,9-16,24,30H,4-5,8,17-18H2,(H,28,32)(H,29,31). The Labute approximate surface area is 193 Å². The molecule has 0 aromatic heterocycles. The second-order valence-electron chi connectivity index (χ2n) is 7.53. The molecule has 6 heteroatoms. The van der Waals surface area contributed by atoms with Gasteiger partial charge in [0.05, 0.1) is 0 Å². The zero-order chi connectivity index (χ0) is 22.8. The van der Waals surface area contributed by atoms with E-state index in [1.807, 2.05) is 54.6 Å². The van der Waals surface area contributed by atoms with Crippen LogP contribution in [0.25, 0.3) is 11.1 Å². The van der Waals surface area contributed by atoms with Crippen molar-refractivity contribution in [1.29, 1.82) is 0 Å². The summed E-state index contributed by atoms with van der Waals surface area (Å²) in [4.78, 5) is 25.6. The SMILES string of the molecule is O=C(NC(CCCCO)C(=O)NCc1ccc(Cl)cc1)c1ccc(-c2ccccc2)cc1. The molecular weight excluding hydrogens is 424 g/mol. The Bertz CT molecular complexity index is 1010. The summed E-state index contributed by atoms with van der Waals surface area (Å²) in [7, 11) is 0. The van der Waals surface area contributed by atoms with E-state index in [-0.39, 0.29) is 18.4 Å². The van der Waals surface area contributed by atoms with Gasteiger partial charge in [-0.1, -0.05) is 66.2 Å². The predicted molar refractivity (Wildman–Crippen MR) is 127 cm³/mol. The fourth-order valence-corrected chi connectivity index (χ4v) is 3.46. The molecule has 2 amide bonds. The second-order valence-corrected chi connectivity index (χ2v) is 7.97. The number of unbranched alkanes of at least 4 members (excludes halogenated alkanes) is 1. The lowest BCUT2D eigenvalue weighted by molar-refractivity contribution is -0.123. The molecule has 0 heterocycles. The monoisotopic (exact) mass is 450 g/mol. The Morgan fingerprint density at radius 1 is 0.844 bits per heavy atom. The maximum absolute atomic E-state index is 12.8. The number of halogens is 1. The fourth-order valence-electron chi connectivity index (χ4n) is 3.33. The van der Waals surface area contributed by atoms with E-state index in [0.717, 1.165) is 16.7 Å². The lowest BCUT2D eigenvalue weighted by atomic mass is 10.0. The molecule has 0 radical (unpaired) electrons. The minimum absolute atomic E-state index is 0.0496. The molecule has 0 aliphatic heterocycles. The van der Waals surface area contributed by atoms with Gasteiger partial charge < -0.3 is 15.7 Å². The van der Waals surface area contributed by atoms with Gasteiger partial charge in [0.2, 0.25) is 5.91 Å². The van der Waals surface area contributed by atoms with Crippen molar-refractivity contribution in [1.82, 2.24) is 10.6 Å². The first-order valence-corrected chi connectivity index (χ1v) is 11.0. The number of carbonyl (C=O) groups excluding carboxylic acids is 2. The van der Waals surface area contributed by atoms with Gasteiger partial charge in [0.15, 0.2) is 0 Å². The van der Waals surface area contributed by atoms with E-state index in [1.54, 1.807) is 24.3 Å². The Morgan fingerprint density at radius 3 is 2.16 bits per heavy atom. The van der Waals surface area contributed by atoms with Gasteiger partial charge >= 0.3 is 0 Å². The molecule has 0 saturated heterocycles. The predicted octanol–water partition coefficient (Wildman–Crippen LogP) is 4.58. The van der Waals surface area contributed by atoms with Gasteiger partial charge in [0.25, 0.3) is 5.91 Å². The van der Waals surface area contributed by atoms with E-state index in [0.29, 0.717) is 36.4 Å². The Balaban J connectivity index is 1.63. The number of hydrogen-bond donors (Lipinski definition) is 3. The molecule has 3 aromatic carbocycles. The van der Waals surface area contributed by atoms with Gasteiger partial charge in [0.1, 0.15) is 6.04 Å². The molecule has 5 nitrogen and oxygen atoms in total. The van der Waals surface area contributed by atoms with E-state index < -0.39 is 6.04 Å². The zero-order valence-electron chi connectivity index (χ0n) is 17.8. The van der Waals surface area contributed by atoms with Crippen LogP contribution in [0.1, 0.15) is 35.2 Å². The summed E-state index contributed by atoms with van der Waals surface area (Å²) < 4.78 is 0. The third kappa shape index (κ3) is 6.94. The summed E-state index contributed by atoms with van der Waals surface area (Å²) >= 11 is 5.90. The van der Waals surface area contributed by atoms with Crippen LogP contribution in [-0.4, -0.2) is 29.6 Å². The third-order valence-electron chi connectivity index (χ3n) is 5.16. The average Bonchev–Trinajstić information content (AvgIpc) is 2.83. The van der Waals surface area contributed by atoms with Crippen LogP contribution in [0.15, 0.2) is 78.9 Å². The van der Waals surface area contributed by atoms with E-state index in [4.69, 9.17) is 16.7 Å². The lowest BCUT2D eigenvalue weighted by Gasteiger charge is -2.19. The number of benzene rings is 3. The number of aliphatic hydroxyl groups is 1. The maximum atomic E-state index is 12.8. The molecule has 32 heavy (non-hydrogen) atoms. The maximum Gasteiger partial charge on any atom is 0.251 e. The van der Waals surface area contributed by atoms with Gasteiger partial charge in [-0.15, -0.1) is 0 Å². The van der Waals surface area contributed by atoms with E-state index in [2.05, 4.69) is 10.6 Å².